The summed E-state index contributed by atoms with van der Waals surface area (Å²) in [4.78, 5) is 11.5. The van der Waals surface area contributed by atoms with Crippen LogP contribution in [0.5, 0.6) is 0 Å². The molecule has 0 aromatic carbocycles. The molecule has 0 bridgehead atoms. The molecule has 1 atom stereocenters. The third-order valence-corrected chi connectivity index (χ3v) is 3.15. The van der Waals surface area contributed by atoms with E-state index in [4.69, 9.17) is 0 Å². The van der Waals surface area contributed by atoms with Gasteiger partial charge in [0.15, 0.2) is 0 Å². The molecule has 1 fully saturated rings. The van der Waals surface area contributed by atoms with Gasteiger partial charge >= 0.3 is 0 Å². The van der Waals surface area contributed by atoms with E-state index in [1.807, 2.05) is 6.92 Å². The predicted octanol–water partition coefficient (Wildman–Crippen LogP) is 0.941. The zero-order valence-electron chi connectivity index (χ0n) is 9.78. The third-order valence-electron chi connectivity index (χ3n) is 3.15. The maximum atomic E-state index is 11.5. The Morgan fingerprint density at radius 3 is 3.19 bits per heavy atom. The van der Waals surface area contributed by atoms with Crippen LogP contribution in [0.2, 0.25) is 0 Å². The van der Waals surface area contributed by atoms with E-state index in [9.17, 15) is 4.79 Å². The minimum Gasteiger partial charge on any atom is -0.316 e. The van der Waals surface area contributed by atoms with E-state index < -0.39 is 0 Å². The molecule has 4 heteroatoms. The molecule has 0 saturated carbocycles. The second-order valence-corrected chi connectivity index (χ2v) is 4.54. The lowest BCUT2D eigenvalue weighted by Gasteiger charge is -2.22. The number of aryl methyl sites for hydroxylation is 2. The average Bonchev–Trinajstić information content (AvgIpc) is 2.32. The van der Waals surface area contributed by atoms with Crippen LogP contribution in [0.3, 0.4) is 0 Å². The molecule has 1 N–H and O–H groups in total. The first kappa shape index (κ1) is 11.3. The van der Waals surface area contributed by atoms with Gasteiger partial charge in [-0.25, -0.2) is 4.68 Å². The molecule has 88 valence electrons. The highest BCUT2D eigenvalue weighted by Gasteiger charge is 2.13. The fraction of sp³-hybridized carbons (Fsp3) is 0.667. The molecule has 1 aliphatic rings. The van der Waals surface area contributed by atoms with Gasteiger partial charge in [0.2, 0.25) is 0 Å². The summed E-state index contributed by atoms with van der Waals surface area (Å²) in [5.74, 6) is 0.697. The molecule has 1 aromatic heterocycles. The molecule has 1 aliphatic heterocycles. The number of nitrogens with one attached hydrogen (secondary N) is 1. The first-order valence-corrected chi connectivity index (χ1v) is 6.01. The van der Waals surface area contributed by atoms with Crippen LogP contribution in [0.1, 0.15) is 25.0 Å². The van der Waals surface area contributed by atoms with E-state index in [2.05, 4.69) is 10.4 Å². The maximum Gasteiger partial charge on any atom is 0.266 e. The average molecular weight is 221 g/mol. The summed E-state index contributed by atoms with van der Waals surface area (Å²) < 4.78 is 1.59. The van der Waals surface area contributed by atoms with E-state index in [-0.39, 0.29) is 5.56 Å². The summed E-state index contributed by atoms with van der Waals surface area (Å²) in [5, 5.41) is 7.63. The summed E-state index contributed by atoms with van der Waals surface area (Å²) in [6, 6.07) is 3.36. The van der Waals surface area contributed by atoms with Gasteiger partial charge in [0.05, 0.1) is 5.69 Å². The van der Waals surface area contributed by atoms with Crippen LogP contribution in [-0.2, 0) is 6.54 Å². The van der Waals surface area contributed by atoms with Crippen molar-refractivity contribution < 1.29 is 0 Å². The van der Waals surface area contributed by atoms with Crippen molar-refractivity contribution in [3.05, 3.63) is 28.2 Å². The molecular weight excluding hydrogens is 202 g/mol. The third kappa shape index (κ3) is 2.92. The molecule has 1 unspecified atom stereocenters. The predicted molar refractivity (Wildman–Crippen MR) is 63.4 cm³/mol. The fourth-order valence-electron chi connectivity index (χ4n) is 2.19. The molecule has 2 rings (SSSR count). The minimum absolute atomic E-state index is 0.00867. The van der Waals surface area contributed by atoms with Crippen molar-refractivity contribution in [2.75, 3.05) is 13.1 Å². The summed E-state index contributed by atoms with van der Waals surface area (Å²) >= 11 is 0. The van der Waals surface area contributed by atoms with Gasteiger partial charge in [-0.05, 0) is 51.3 Å². The van der Waals surface area contributed by atoms with Crippen molar-refractivity contribution in [3.63, 3.8) is 0 Å². The van der Waals surface area contributed by atoms with Crippen LogP contribution in [0.15, 0.2) is 16.9 Å². The van der Waals surface area contributed by atoms with Crippen molar-refractivity contribution in [1.82, 2.24) is 15.1 Å². The zero-order valence-corrected chi connectivity index (χ0v) is 9.78. The molecule has 1 saturated heterocycles. The molecule has 0 aliphatic carbocycles. The maximum absolute atomic E-state index is 11.5. The number of hydrogen-bond donors (Lipinski definition) is 1. The van der Waals surface area contributed by atoms with Gasteiger partial charge in [-0.1, -0.05) is 0 Å². The first-order chi connectivity index (χ1) is 7.75. The second-order valence-electron chi connectivity index (χ2n) is 4.54. The van der Waals surface area contributed by atoms with Crippen LogP contribution in [0, 0.1) is 12.8 Å². The summed E-state index contributed by atoms with van der Waals surface area (Å²) in [5.41, 5.74) is 0.913. The Morgan fingerprint density at radius 1 is 1.56 bits per heavy atom. The topological polar surface area (TPSA) is 46.9 Å². The van der Waals surface area contributed by atoms with E-state index in [1.54, 1.807) is 16.8 Å². The normalized spacial score (nSPS) is 20.9. The molecule has 0 radical (unpaired) electrons. The lowest BCUT2D eigenvalue weighted by atomic mass is 9.96. The Bertz CT molecular complexity index is 393. The second kappa shape index (κ2) is 5.25. The van der Waals surface area contributed by atoms with E-state index in [0.29, 0.717) is 5.92 Å². The van der Waals surface area contributed by atoms with Gasteiger partial charge in [0.25, 0.3) is 5.56 Å². The molecule has 2 heterocycles. The monoisotopic (exact) mass is 221 g/mol. The number of nitrogens with zero attached hydrogens (tertiary/aromatic N) is 2. The van der Waals surface area contributed by atoms with Gasteiger partial charge < -0.3 is 5.32 Å². The number of aromatic nitrogens is 2. The molecule has 4 nitrogen and oxygen atoms in total. The van der Waals surface area contributed by atoms with Gasteiger partial charge in [0, 0.05) is 12.6 Å². The smallest absolute Gasteiger partial charge is 0.266 e. The summed E-state index contributed by atoms with van der Waals surface area (Å²) in [6.45, 7) is 4.88. The number of piperidine rings is 1. The lowest BCUT2D eigenvalue weighted by Crippen LogP contribution is -2.31. The SMILES string of the molecule is Cc1ccc(=O)n(CCC2CCCNC2)n1. The van der Waals surface area contributed by atoms with Crippen LogP contribution < -0.4 is 10.9 Å². The molecule has 1 aromatic rings. The standard InChI is InChI=1S/C12H19N3O/c1-10-4-5-12(16)15(14-10)8-6-11-3-2-7-13-9-11/h4-5,11,13H,2-3,6-9H2,1H3. The fourth-order valence-corrected chi connectivity index (χ4v) is 2.19. The minimum atomic E-state index is 0.00867. The Hall–Kier alpha value is -1.16. The highest BCUT2D eigenvalue weighted by molar-refractivity contribution is 4.97. The van der Waals surface area contributed by atoms with Crippen molar-refractivity contribution >= 4 is 0 Å². The van der Waals surface area contributed by atoms with Crippen LogP contribution >= 0.6 is 0 Å². The quantitative estimate of drug-likeness (QED) is 0.826. The highest BCUT2D eigenvalue weighted by atomic mass is 16.1. The number of rotatable bonds is 3. The Kier molecular flexibility index (Phi) is 3.72. The van der Waals surface area contributed by atoms with Gasteiger partial charge in [-0.15, -0.1) is 0 Å². The highest BCUT2D eigenvalue weighted by Crippen LogP contribution is 2.14. The zero-order chi connectivity index (χ0) is 11.4. The van der Waals surface area contributed by atoms with Gasteiger partial charge in [-0.3, -0.25) is 4.79 Å². The molecule has 16 heavy (non-hydrogen) atoms. The number of hydrogen-bond acceptors (Lipinski definition) is 3. The van der Waals surface area contributed by atoms with Crippen molar-refractivity contribution in [1.29, 1.82) is 0 Å². The summed E-state index contributed by atoms with van der Waals surface area (Å²) in [6.07, 6.45) is 3.57. The molecular formula is C12H19N3O. The van der Waals surface area contributed by atoms with E-state index >= 15 is 0 Å². The van der Waals surface area contributed by atoms with Gasteiger partial charge in [-0.2, -0.15) is 5.10 Å². The molecule has 0 spiro atoms. The van der Waals surface area contributed by atoms with Crippen LogP contribution in [0.4, 0.5) is 0 Å². The molecule has 0 amide bonds. The van der Waals surface area contributed by atoms with Crippen LogP contribution in [-0.4, -0.2) is 22.9 Å². The van der Waals surface area contributed by atoms with Crippen molar-refractivity contribution in [3.8, 4) is 0 Å². The van der Waals surface area contributed by atoms with Gasteiger partial charge in [0.1, 0.15) is 0 Å². The Balaban J connectivity index is 1.93. The van der Waals surface area contributed by atoms with E-state index in [1.165, 1.54) is 12.8 Å². The lowest BCUT2D eigenvalue weighted by molar-refractivity contribution is 0.332. The first-order valence-electron chi connectivity index (χ1n) is 6.01. The summed E-state index contributed by atoms with van der Waals surface area (Å²) in [7, 11) is 0. The van der Waals surface area contributed by atoms with Crippen molar-refractivity contribution in [2.24, 2.45) is 5.92 Å². The largest absolute Gasteiger partial charge is 0.316 e. The Morgan fingerprint density at radius 2 is 2.44 bits per heavy atom. The van der Waals surface area contributed by atoms with Crippen molar-refractivity contribution in [2.45, 2.75) is 32.7 Å². The van der Waals surface area contributed by atoms with E-state index in [0.717, 1.165) is 31.7 Å². The Labute approximate surface area is 95.7 Å². The van der Waals surface area contributed by atoms with Crippen LogP contribution in [0.25, 0.3) is 0 Å².